The molecule has 0 spiro atoms. The second-order valence-corrected chi connectivity index (χ2v) is 4.35. The fourth-order valence-electron chi connectivity index (χ4n) is 1.85. The topological polar surface area (TPSA) is 78.0 Å². The van der Waals surface area contributed by atoms with E-state index in [1.165, 1.54) is 18.2 Å². The minimum absolute atomic E-state index is 0.00263. The van der Waals surface area contributed by atoms with Gasteiger partial charge in [-0.1, -0.05) is 18.2 Å². The highest BCUT2D eigenvalue weighted by molar-refractivity contribution is 6.07. The number of ketones is 1. The van der Waals surface area contributed by atoms with Crippen molar-refractivity contribution in [2.24, 2.45) is 7.05 Å². The Kier molecular flexibility index (Phi) is 3.74. The van der Waals surface area contributed by atoms with Crippen molar-refractivity contribution in [3.05, 3.63) is 63.5 Å². The largest absolute Gasteiger partial charge is 0.289 e. The lowest BCUT2D eigenvalue weighted by Gasteiger charge is -1.94. The standard InChI is InChI=1S/C14H13N3O3/c1-10-13(9-16(2)15-10)14(18)7-6-11-4-3-5-12(8-11)17(19)20/h3-9H,1-2H3/b7-6-. The molecule has 0 aliphatic carbocycles. The molecule has 2 aromatic rings. The Labute approximate surface area is 115 Å². The zero-order valence-corrected chi connectivity index (χ0v) is 11.1. The van der Waals surface area contributed by atoms with Crippen molar-refractivity contribution in [2.45, 2.75) is 6.92 Å². The SMILES string of the molecule is Cc1nn(C)cc1C(=O)/C=C\c1cccc([N+](=O)[O-])c1. The molecule has 0 saturated heterocycles. The Morgan fingerprint density at radius 3 is 2.80 bits per heavy atom. The van der Waals surface area contributed by atoms with Gasteiger partial charge in [0, 0.05) is 25.4 Å². The van der Waals surface area contributed by atoms with Gasteiger partial charge < -0.3 is 0 Å². The van der Waals surface area contributed by atoms with Crippen LogP contribution < -0.4 is 0 Å². The molecule has 0 aliphatic rings. The number of aryl methyl sites for hydroxylation is 2. The zero-order valence-electron chi connectivity index (χ0n) is 11.1. The van der Waals surface area contributed by atoms with Gasteiger partial charge in [-0.2, -0.15) is 5.10 Å². The number of benzene rings is 1. The Morgan fingerprint density at radius 1 is 1.45 bits per heavy atom. The first-order valence-corrected chi connectivity index (χ1v) is 5.94. The number of hydrogen-bond donors (Lipinski definition) is 0. The fourth-order valence-corrected chi connectivity index (χ4v) is 1.85. The lowest BCUT2D eigenvalue weighted by atomic mass is 10.1. The number of hydrogen-bond acceptors (Lipinski definition) is 4. The van der Waals surface area contributed by atoms with Crippen molar-refractivity contribution in [3.8, 4) is 0 Å². The predicted octanol–water partition coefficient (Wildman–Crippen LogP) is 2.53. The van der Waals surface area contributed by atoms with E-state index in [1.54, 1.807) is 43.1 Å². The van der Waals surface area contributed by atoms with Crippen LogP contribution in [-0.4, -0.2) is 20.5 Å². The molecule has 0 N–H and O–H groups in total. The summed E-state index contributed by atoms with van der Waals surface area (Å²) in [6.07, 6.45) is 4.60. The van der Waals surface area contributed by atoms with Crippen molar-refractivity contribution < 1.29 is 9.72 Å². The molecule has 0 aliphatic heterocycles. The van der Waals surface area contributed by atoms with E-state index < -0.39 is 4.92 Å². The number of nitro benzene ring substituents is 1. The molecule has 6 nitrogen and oxygen atoms in total. The Hall–Kier alpha value is -2.76. The highest BCUT2D eigenvalue weighted by atomic mass is 16.6. The van der Waals surface area contributed by atoms with Crippen LogP contribution in [0.4, 0.5) is 5.69 Å². The molecule has 6 heteroatoms. The van der Waals surface area contributed by atoms with E-state index in [9.17, 15) is 14.9 Å². The van der Waals surface area contributed by atoms with Gasteiger partial charge in [-0.15, -0.1) is 0 Å². The third kappa shape index (κ3) is 2.97. The summed E-state index contributed by atoms with van der Waals surface area (Å²) < 4.78 is 1.57. The van der Waals surface area contributed by atoms with E-state index in [0.717, 1.165) is 0 Å². The maximum atomic E-state index is 12.0. The van der Waals surface area contributed by atoms with Crippen LogP contribution in [0.3, 0.4) is 0 Å². The van der Waals surface area contributed by atoms with Gasteiger partial charge in [0.05, 0.1) is 16.2 Å². The number of nitrogens with zero attached hydrogens (tertiary/aromatic N) is 3. The first kappa shape index (κ1) is 13.7. The molecule has 0 atom stereocenters. The summed E-state index contributed by atoms with van der Waals surface area (Å²) in [6, 6.07) is 6.11. The van der Waals surface area contributed by atoms with Crippen LogP contribution >= 0.6 is 0 Å². The molecule has 1 aromatic heterocycles. The van der Waals surface area contributed by atoms with E-state index in [4.69, 9.17) is 0 Å². The lowest BCUT2D eigenvalue weighted by Crippen LogP contribution is -1.94. The summed E-state index contributed by atoms with van der Waals surface area (Å²) in [7, 11) is 1.74. The number of aromatic nitrogens is 2. The van der Waals surface area contributed by atoms with E-state index in [2.05, 4.69) is 5.10 Å². The van der Waals surface area contributed by atoms with Crippen molar-refractivity contribution in [2.75, 3.05) is 0 Å². The highest BCUT2D eigenvalue weighted by Gasteiger charge is 2.09. The number of carbonyl (C=O) groups is 1. The third-order valence-corrected chi connectivity index (χ3v) is 2.79. The second-order valence-electron chi connectivity index (χ2n) is 4.35. The maximum Gasteiger partial charge on any atom is 0.270 e. The van der Waals surface area contributed by atoms with Crippen molar-refractivity contribution >= 4 is 17.5 Å². The van der Waals surface area contributed by atoms with Crippen molar-refractivity contribution in [1.82, 2.24) is 9.78 Å². The number of carbonyl (C=O) groups excluding carboxylic acids is 1. The molecule has 1 aromatic carbocycles. The number of allylic oxidation sites excluding steroid dienone is 1. The number of non-ortho nitro benzene ring substituents is 1. The van der Waals surface area contributed by atoms with Gasteiger partial charge >= 0.3 is 0 Å². The first-order valence-electron chi connectivity index (χ1n) is 5.94. The molecule has 0 unspecified atom stereocenters. The molecule has 2 rings (SSSR count). The van der Waals surface area contributed by atoms with Crippen LogP contribution in [0.5, 0.6) is 0 Å². The molecular formula is C14H13N3O3. The van der Waals surface area contributed by atoms with Gasteiger partial charge in [-0.25, -0.2) is 0 Å². The Balaban J connectivity index is 2.21. The van der Waals surface area contributed by atoms with E-state index in [0.29, 0.717) is 16.8 Å². The van der Waals surface area contributed by atoms with E-state index in [1.807, 2.05) is 0 Å². The average molecular weight is 271 g/mol. The van der Waals surface area contributed by atoms with E-state index in [-0.39, 0.29) is 11.5 Å². The smallest absolute Gasteiger partial charge is 0.270 e. The summed E-state index contributed by atoms with van der Waals surface area (Å²) >= 11 is 0. The lowest BCUT2D eigenvalue weighted by molar-refractivity contribution is -0.384. The van der Waals surface area contributed by atoms with Crippen LogP contribution in [0, 0.1) is 17.0 Å². The molecule has 0 bridgehead atoms. The van der Waals surface area contributed by atoms with Crippen LogP contribution in [0.15, 0.2) is 36.5 Å². The number of nitro groups is 1. The fraction of sp³-hybridized carbons (Fsp3) is 0.143. The molecule has 20 heavy (non-hydrogen) atoms. The molecule has 1 heterocycles. The van der Waals surface area contributed by atoms with Crippen molar-refractivity contribution in [3.63, 3.8) is 0 Å². The van der Waals surface area contributed by atoms with Crippen LogP contribution in [-0.2, 0) is 7.05 Å². The zero-order chi connectivity index (χ0) is 14.7. The minimum Gasteiger partial charge on any atom is -0.289 e. The summed E-state index contributed by atoms with van der Waals surface area (Å²) in [6.45, 7) is 1.76. The second kappa shape index (κ2) is 5.48. The van der Waals surface area contributed by atoms with Crippen LogP contribution in [0.2, 0.25) is 0 Å². The molecular weight excluding hydrogens is 258 g/mol. The third-order valence-electron chi connectivity index (χ3n) is 2.79. The molecule has 0 radical (unpaired) electrons. The normalized spacial score (nSPS) is 10.9. The quantitative estimate of drug-likeness (QED) is 0.370. The van der Waals surface area contributed by atoms with Gasteiger partial charge in [0.2, 0.25) is 0 Å². The number of rotatable bonds is 4. The highest BCUT2D eigenvalue weighted by Crippen LogP contribution is 2.15. The Morgan fingerprint density at radius 2 is 2.20 bits per heavy atom. The van der Waals surface area contributed by atoms with Crippen molar-refractivity contribution in [1.29, 1.82) is 0 Å². The summed E-state index contributed by atoms with van der Waals surface area (Å²) in [5.74, 6) is -0.179. The van der Waals surface area contributed by atoms with E-state index >= 15 is 0 Å². The Bertz CT molecular complexity index is 701. The average Bonchev–Trinajstić information content (AvgIpc) is 2.75. The maximum absolute atomic E-state index is 12.0. The molecule has 0 saturated carbocycles. The van der Waals surface area contributed by atoms with Gasteiger partial charge in [0.15, 0.2) is 5.78 Å². The predicted molar refractivity (Wildman–Crippen MR) is 74.4 cm³/mol. The monoisotopic (exact) mass is 271 g/mol. The van der Waals surface area contributed by atoms with Crippen LogP contribution in [0.25, 0.3) is 6.08 Å². The summed E-state index contributed by atoms with van der Waals surface area (Å²) in [5.41, 5.74) is 1.78. The summed E-state index contributed by atoms with van der Waals surface area (Å²) in [4.78, 5) is 22.2. The molecule has 0 amide bonds. The minimum atomic E-state index is -0.468. The summed E-state index contributed by atoms with van der Waals surface area (Å²) in [5, 5.41) is 14.8. The molecule has 102 valence electrons. The first-order chi connectivity index (χ1) is 9.47. The molecule has 0 fully saturated rings. The van der Waals surface area contributed by atoms with Gasteiger partial charge in [-0.05, 0) is 18.6 Å². The van der Waals surface area contributed by atoms with Gasteiger partial charge in [-0.3, -0.25) is 19.6 Å². The van der Waals surface area contributed by atoms with Gasteiger partial charge in [0.25, 0.3) is 5.69 Å². The van der Waals surface area contributed by atoms with Gasteiger partial charge in [0.1, 0.15) is 0 Å². The van der Waals surface area contributed by atoms with Crippen LogP contribution in [0.1, 0.15) is 21.6 Å².